The molecular weight excluding hydrogens is 268 g/mol. The van der Waals surface area contributed by atoms with Gasteiger partial charge in [-0.3, -0.25) is 4.79 Å². The van der Waals surface area contributed by atoms with E-state index in [9.17, 15) is 9.90 Å². The van der Waals surface area contributed by atoms with Crippen molar-refractivity contribution in [1.29, 1.82) is 0 Å². The third-order valence-corrected chi connectivity index (χ3v) is 4.67. The van der Waals surface area contributed by atoms with E-state index < -0.39 is 6.10 Å². The summed E-state index contributed by atoms with van der Waals surface area (Å²) in [5.41, 5.74) is 2.33. The number of aliphatic hydroxyl groups excluding tert-OH is 1. The molecule has 1 unspecified atom stereocenters. The Morgan fingerprint density at radius 3 is 3.06 bits per heavy atom. The van der Waals surface area contributed by atoms with E-state index >= 15 is 0 Å². The minimum Gasteiger partial charge on any atom is -0.378 e. The van der Waals surface area contributed by atoms with Crippen LogP contribution in [0.15, 0.2) is 32.8 Å². The number of carbonyl (C=O) groups is 1. The molecule has 3 rings (SSSR count). The minimum absolute atomic E-state index is 0.364. The lowest BCUT2D eigenvalue weighted by molar-refractivity contribution is -0.123. The van der Waals surface area contributed by atoms with Crippen molar-refractivity contribution in [3.8, 4) is 0 Å². The lowest BCUT2D eigenvalue weighted by Crippen LogP contribution is -2.10. The molecule has 2 heterocycles. The normalized spacial score (nSPS) is 17.7. The van der Waals surface area contributed by atoms with Gasteiger partial charge in [0.15, 0.2) is 10.4 Å². The number of aliphatic hydroxyl groups is 1. The predicted octanol–water partition coefficient (Wildman–Crippen LogP) is 2.59. The Bertz CT molecular complexity index is 624. The van der Waals surface area contributed by atoms with Crippen LogP contribution in [-0.4, -0.2) is 16.0 Å². The fourth-order valence-electron chi connectivity index (χ4n) is 1.77. The zero-order chi connectivity index (χ0) is 12.7. The number of fused-ring (bicyclic) bond motifs is 1. The number of carbonyl (C=O) groups excluding carboxylic acids is 1. The zero-order valence-corrected chi connectivity index (χ0v) is 11.1. The molecule has 0 spiro atoms. The highest BCUT2D eigenvalue weighted by Crippen LogP contribution is 2.37. The number of anilines is 1. The molecule has 0 radical (unpaired) electrons. The SMILES string of the molecule is Cc1csc(Sc2ccc3c(c2)NC(=O)C3O)n1. The van der Waals surface area contributed by atoms with Crippen LogP contribution in [-0.2, 0) is 4.79 Å². The van der Waals surface area contributed by atoms with Crippen LogP contribution in [0.25, 0.3) is 0 Å². The number of nitrogens with one attached hydrogen (secondary N) is 1. The first kappa shape index (κ1) is 11.7. The molecule has 1 aromatic carbocycles. The standard InChI is InChI=1S/C12H10N2O2S2/c1-6-5-17-12(13-6)18-7-2-3-8-9(4-7)14-11(16)10(8)15/h2-5,10,15H,1H3,(H,14,16). The van der Waals surface area contributed by atoms with Crippen molar-refractivity contribution in [2.45, 2.75) is 22.3 Å². The highest BCUT2D eigenvalue weighted by atomic mass is 32.2. The third kappa shape index (κ3) is 2.03. The van der Waals surface area contributed by atoms with Crippen LogP contribution in [0.1, 0.15) is 17.4 Å². The average molecular weight is 278 g/mol. The summed E-state index contributed by atoms with van der Waals surface area (Å²) in [6.45, 7) is 1.96. The van der Waals surface area contributed by atoms with Crippen LogP contribution >= 0.6 is 23.1 Å². The van der Waals surface area contributed by atoms with Crippen LogP contribution in [0.5, 0.6) is 0 Å². The number of aryl methyl sites for hydroxylation is 1. The van der Waals surface area contributed by atoms with Crippen LogP contribution in [0.4, 0.5) is 5.69 Å². The quantitative estimate of drug-likeness (QED) is 0.886. The second-order valence-electron chi connectivity index (χ2n) is 4.00. The molecular formula is C12H10N2O2S2. The van der Waals surface area contributed by atoms with E-state index in [2.05, 4.69) is 10.3 Å². The Labute approximate surface area is 112 Å². The molecule has 2 N–H and O–H groups in total. The number of hydrogen-bond donors (Lipinski definition) is 2. The Morgan fingerprint density at radius 1 is 1.50 bits per heavy atom. The second-order valence-corrected chi connectivity index (χ2v) is 6.18. The number of rotatable bonds is 2. The van der Waals surface area contributed by atoms with Crippen molar-refractivity contribution in [2.24, 2.45) is 0 Å². The smallest absolute Gasteiger partial charge is 0.257 e. The van der Waals surface area contributed by atoms with Crippen molar-refractivity contribution >= 4 is 34.7 Å². The molecule has 1 atom stereocenters. The summed E-state index contributed by atoms with van der Waals surface area (Å²) < 4.78 is 0.970. The lowest BCUT2D eigenvalue weighted by atomic mass is 10.1. The number of thiazole rings is 1. The molecule has 0 bridgehead atoms. The summed E-state index contributed by atoms with van der Waals surface area (Å²) in [5.74, 6) is -0.364. The first-order valence-electron chi connectivity index (χ1n) is 5.36. The molecule has 1 aliphatic rings. The van der Waals surface area contributed by atoms with Gasteiger partial charge in [0.05, 0.1) is 0 Å². The summed E-state index contributed by atoms with van der Waals surface area (Å²) in [7, 11) is 0. The second kappa shape index (κ2) is 4.38. The number of amides is 1. The maximum absolute atomic E-state index is 11.3. The van der Waals surface area contributed by atoms with Crippen LogP contribution in [0.2, 0.25) is 0 Å². The highest BCUT2D eigenvalue weighted by Gasteiger charge is 2.28. The molecule has 4 nitrogen and oxygen atoms in total. The average Bonchev–Trinajstić information content (AvgIpc) is 2.85. The molecule has 0 saturated heterocycles. The van der Waals surface area contributed by atoms with Crippen molar-refractivity contribution in [1.82, 2.24) is 4.98 Å². The summed E-state index contributed by atoms with van der Waals surface area (Å²) >= 11 is 3.15. The number of benzene rings is 1. The van der Waals surface area contributed by atoms with Crippen molar-refractivity contribution in [2.75, 3.05) is 5.32 Å². The van der Waals surface area contributed by atoms with Crippen molar-refractivity contribution in [3.05, 3.63) is 34.8 Å². The van der Waals surface area contributed by atoms with Gasteiger partial charge >= 0.3 is 0 Å². The van der Waals surface area contributed by atoms with Gasteiger partial charge in [0.2, 0.25) is 0 Å². The molecule has 92 valence electrons. The van der Waals surface area contributed by atoms with E-state index in [4.69, 9.17) is 0 Å². The van der Waals surface area contributed by atoms with Gasteiger partial charge in [-0.1, -0.05) is 17.8 Å². The van der Waals surface area contributed by atoms with Gasteiger partial charge < -0.3 is 10.4 Å². The van der Waals surface area contributed by atoms with Gasteiger partial charge in [-0.05, 0) is 19.1 Å². The number of hydrogen-bond acceptors (Lipinski definition) is 5. The van der Waals surface area contributed by atoms with E-state index in [1.165, 1.54) is 0 Å². The van der Waals surface area contributed by atoms with Gasteiger partial charge in [0.25, 0.3) is 5.91 Å². The van der Waals surface area contributed by atoms with Gasteiger partial charge in [0.1, 0.15) is 0 Å². The molecule has 0 aliphatic carbocycles. The van der Waals surface area contributed by atoms with Crippen molar-refractivity contribution in [3.63, 3.8) is 0 Å². The fourth-order valence-corrected chi connectivity index (χ4v) is 3.62. The predicted molar refractivity (Wildman–Crippen MR) is 71.0 cm³/mol. The maximum atomic E-state index is 11.3. The minimum atomic E-state index is -1.04. The topological polar surface area (TPSA) is 62.2 Å². The Kier molecular flexibility index (Phi) is 2.85. The Balaban J connectivity index is 1.88. The van der Waals surface area contributed by atoms with Gasteiger partial charge in [-0.15, -0.1) is 11.3 Å². The van der Waals surface area contributed by atoms with E-state index in [1.54, 1.807) is 29.2 Å². The van der Waals surface area contributed by atoms with E-state index in [0.717, 1.165) is 14.9 Å². The first-order valence-corrected chi connectivity index (χ1v) is 7.06. The number of nitrogens with zero attached hydrogens (tertiary/aromatic N) is 1. The highest BCUT2D eigenvalue weighted by molar-refractivity contribution is 8.01. The van der Waals surface area contributed by atoms with E-state index in [0.29, 0.717) is 11.3 Å². The van der Waals surface area contributed by atoms with E-state index in [1.807, 2.05) is 24.4 Å². The first-order chi connectivity index (χ1) is 8.63. The number of aromatic nitrogens is 1. The third-order valence-electron chi connectivity index (χ3n) is 2.63. The van der Waals surface area contributed by atoms with Crippen LogP contribution in [0, 0.1) is 6.92 Å². The molecule has 0 saturated carbocycles. The van der Waals surface area contributed by atoms with E-state index in [-0.39, 0.29) is 5.91 Å². The molecule has 0 fully saturated rings. The fraction of sp³-hybridized carbons (Fsp3) is 0.167. The monoisotopic (exact) mass is 278 g/mol. The van der Waals surface area contributed by atoms with Crippen molar-refractivity contribution < 1.29 is 9.90 Å². The summed E-state index contributed by atoms with van der Waals surface area (Å²) in [4.78, 5) is 16.7. The van der Waals surface area contributed by atoms with Gasteiger partial charge in [-0.25, -0.2) is 4.98 Å². The molecule has 1 amide bonds. The van der Waals surface area contributed by atoms with Gasteiger partial charge in [-0.2, -0.15) is 0 Å². The Hall–Kier alpha value is -1.37. The van der Waals surface area contributed by atoms with Gasteiger partial charge in [0, 0.05) is 27.2 Å². The molecule has 1 aliphatic heterocycles. The lowest BCUT2D eigenvalue weighted by Gasteiger charge is -2.03. The summed E-state index contributed by atoms with van der Waals surface area (Å²) in [6.07, 6.45) is -1.04. The van der Waals surface area contributed by atoms with Crippen LogP contribution < -0.4 is 5.32 Å². The molecule has 18 heavy (non-hydrogen) atoms. The Morgan fingerprint density at radius 2 is 2.33 bits per heavy atom. The largest absolute Gasteiger partial charge is 0.378 e. The maximum Gasteiger partial charge on any atom is 0.257 e. The summed E-state index contributed by atoms with van der Waals surface area (Å²) in [5, 5.41) is 14.3. The molecule has 6 heteroatoms. The molecule has 2 aromatic rings. The van der Waals surface area contributed by atoms with Crippen LogP contribution in [0.3, 0.4) is 0 Å². The zero-order valence-electron chi connectivity index (χ0n) is 9.51. The molecule has 1 aromatic heterocycles. The summed E-state index contributed by atoms with van der Waals surface area (Å²) in [6, 6.07) is 5.54.